The second-order valence-electron chi connectivity index (χ2n) is 10.5. The average molecular weight is 487 g/mol. The molecule has 1 aromatic heterocycles. The lowest BCUT2D eigenvalue weighted by atomic mass is 9.83. The standard InChI is InChI=1S/C29H34N4OS/c1-8-17-33-26(20-13-15-21(16-14-20)28(2,3)4)30-31-27(33)35-19-22(34)18-25-29(5,6)23-11-9-10-12-24(23)32(25)7/h8-16,18H,1,17,19H2,2-7H3. The van der Waals surface area contributed by atoms with Crippen LogP contribution in [0.3, 0.4) is 0 Å². The molecule has 0 N–H and O–H groups in total. The number of aromatic nitrogens is 3. The van der Waals surface area contributed by atoms with Crippen molar-refractivity contribution in [1.29, 1.82) is 0 Å². The van der Waals surface area contributed by atoms with Crippen molar-refractivity contribution in [2.45, 2.75) is 57.1 Å². The van der Waals surface area contributed by atoms with Gasteiger partial charge in [0.05, 0.1) is 5.75 Å². The lowest BCUT2D eigenvalue weighted by Gasteiger charge is -2.23. The molecule has 5 nitrogen and oxygen atoms in total. The Morgan fingerprint density at radius 1 is 1.09 bits per heavy atom. The Balaban J connectivity index is 1.53. The number of ketones is 1. The highest BCUT2D eigenvalue weighted by Gasteiger charge is 2.38. The van der Waals surface area contributed by atoms with Crippen LogP contribution in [0.1, 0.15) is 45.7 Å². The van der Waals surface area contributed by atoms with Gasteiger partial charge in [0.25, 0.3) is 0 Å². The summed E-state index contributed by atoms with van der Waals surface area (Å²) >= 11 is 1.42. The van der Waals surface area contributed by atoms with Crippen LogP contribution >= 0.6 is 11.8 Å². The van der Waals surface area contributed by atoms with Gasteiger partial charge < -0.3 is 4.90 Å². The number of carbonyl (C=O) groups excluding carboxylic acids is 1. The zero-order chi connectivity index (χ0) is 25.4. The van der Waals surface area contributed by atoms with Crippen molar-refractivity contribution in [2.24, 2.45) is 0 Å². The number of nitrogens with zero attached hydrogens (tertiary/aromatic N) is 4. The van der Waals surface area contributed by atoms with Gasteiger partial charge in [0.15, 0.2) is 16.8 Å². The van der Waals surface area contributed by atoms with Gasteiger partial charge in [0.1, 0.15) is 0 Å². The van der Waals surface area contributed by atoms with Crippen LogP contribution in [0.4, 0.5) is 5.69 Å². The first-order valence-corrected chi connectivity index (χ1v) is 12.9. The molecule has 0 saturated carbocycles. The van der Waals surface area contributed by atoms with Crippen LogP contribution < -0.4 is 4.90 Å². The Labute approximate surface area is 213 Å². The van der Waals surface area contributed by atoms with Crippen LogP contribution in [0, 0.1) is 0 Å². The van der Waals surface area contributed by atoms with Gasteiger partial charge in [-0.05, 0) is 22.6 Å². The topological polar surface area (TPSA) is 51.0 Å². The van der Waals surface area contributed by atoms with E-state index in [1.165, 1.54) is 22.9 Å². The van der Waals surface area contributed by atoms with Crippen molar-refractivity contribution in [1.82, 2.24) is 14.8 Å². The van der Waals surface area contributed by atoms with Gasteiger partial charge in [0.2, 0.25) is 0 Å². The van der Waals surface area contributed by atoms with E-state index in [0.717, 1.165) is 22.8 Å². The first kappa shape index (κ1) is 25.0. The molecule has 2 aromatic carbocycles. The van der Waals surface area contributed by atoms with Gasteiger partial charge in [-0.25, -0.2) is 0 Å². The van der Waals surface area contributed by atoms with Gasteiger partial charge >= 0.3 is 0 Å². The Kier molecular flexibility index (Phi) is 6.78. The van der Waals surface area contributed by atoms with Gasteiger partial charge in [-0.1, -0.05) is 94.9 Å². The summed E-state index contributed by atoms with van der Waals surface area (Å²) in [4.78, 5) is 15.2. The summed E-state index contributed by atoms with van der Waals surface area (Å²) in [7, 11) is 2.03. The number of likely N-dealkylation sites (N-methyl/N-ethyl adjacent to an activating group) is 1. The van der Waals surface area contributed by atoms with Gasteiger partial charge in [0, 0.05) is 42.0 Å². The van der Waals surface area contributed by atoms with Crippen molar-refractivity contribution in [3.05, 3.63) is 84.1 Å². The lowest BCUT2D eigenvalue weighted by molar-refractivity contribution is -0.112. The van der Waals surface area contributed by atoms with Crippen LogP contribution in [0.2, 0.25) is 0 Å². The SMILES string of the molecule is C=CCn1c(SCC(=O)C=C2N(C)c3ccccc3C2(C)C)nnc1-c1ccc(C(C)(C)C)cc1. The van der Waals surface area contributed by atoms with Crippen molar-refractivity contribution >= 4 is 23.2 Å². The molecular formula is C29H34N4OS. The highest BCUT2D eigenvalue weighted by Crippen LogP contribution is 2.46. The number of thioether (sulfide) groups is 1. The highest BCUT2D eigenvalue weighted by molar-refractivity contribution is 7.99. The second kappa shape index (κ2) is 9.50. The third-order valence-corrected chi connectivity index (χ3v) is 7.61. The minimum Gasteiger partial charge on any atom is -0.347 e. The number of fused-ring (bicyclic) bond motifs is 1. The fourth-order valence-corrected chi connectivity index (χ4v) is 5.38. The summed E-state index contributed by atoms with van der Waals surface area (Å²) in [5.74, 6) is 1.13. The minimum atomic E-state index is -0.221. The second-order valence-corrected chi connectivity index (χ2v) is 11.5. The van der Waals surface area contributed by atoms with E-state index in [2.05, 4.69) is 98.8 Å². The minimum absolute atomic E-state index is 0.0574. The number of rotatable bonds is 7. The number of anilines is 1. The van der Waals surface area contributed by atoms with E-state index in [1.54, 1.807) is 6.08 Å². The predicted molar refractivity (Wildman–Crippen MR) is 146 cm³/mol. The van der Waals surface area contributed by atoms with Gasteiger partial charge in [-0.3, -0.25) is 9.36 Å². The monoisotopic (exact) mass is 486 g/mol. The number of benzene rings is 2. The molecule has 3 aromatic rings. The molecule has 1 aliphatic rings. The normalized spacial score (nSPS) is 15.9. The highest BCUT2D eigenvalue weighted by atomic mass is 32.2. The van der Waals surface area contributed by atoms with Gasteiger partial charge in [-0.15, -0.1) is 16.8 Å². The fraction of sp³-hybridized carbons (Fsp3) is 0.345. The Bertz CT molecular complexity index is 1280. The fourth-order valence-electron chi connectivity index (χ4n) is 4.61. The summed E-state index contributed by atoms with van der Waals surface area (Å²) in [6.07, 6.45) is 3.62. The zero-order valence-corrected chi connectivity index (χ0v) is 22.3. The summed E-state index contributed by atoms with van der Waals surface area (Å²) in [5, 5.41) is 9.57. The van der Waals surface area contributed by atoms with Crippen molar-refractivity contribution in [3.63, 3.8) is 0 Å². The molecule has 182 valence electrons. The molecule has 0 amide bonds. The van der Waals surface area contributed by atoms with Crippen LogP contribution in [0.25, 0.3) is 11.4 Å². The van der Waals surface area contributed by atoms with E-state index in [0.29, 0.717) is 17.5 Å². The first-order chi connectivity index (χ1) is 16.5. The van der Waals surface area contributed by atoms with E-state index >= 15 is 0 Å². The Morgan fingerprint density at radius 3 is 2.40 bits per heavy atom. The molecule has 0 radical (unpaired) electrons. The van der Waals surface area contributed by atoms with Gasteiger partial charge in [-0.2, -0.15) is 0 Å². The van der Waals surface area contributed by atoms with E-state index in [4.69, 9.17) is 0 Å². The first-order valence-electron chi connectivity index (χ1n) is 11.9. The number of allylic oxidation sites excluding steroid dienone is 3. The lowest BCUT2D eigenvalue weighted by Crippen LogP contribution is -2.24. The van der Waals surface area contributed by atoms with E-state index in [-0.39, 0.29) is 16.6 Å². The molecule has 0 spiro atoms. The number of hydrogen-bond donors (Lipinski definition) is 0. The van der Waals surface area contributed by atoms with Crippen LogP contribution in [0.15, 0.2) is 78.1 Å². The van der Waals surface area contributed by atoms with Crippen LogP contribution in [-0.4, -0.2) is 33.3 Å². The van der Waals surface area contributed by atoms with E-state index in [1.807, 2.05) is 23.8 Å². The van der Waals surface area contributed by atoms with E-state index < -0.39 is 0 Å². The molecule has 4 rings (SSSR count). The molecule has 0 aliphatic carbocycles. The summed E-state index contributed by atoms with van der Waals surface area (Å²) < 4.78 is 2.02. The average Bonchev–Trinajstić information content (AvgIpc) is 3.30. The number of hydrogen-bond acceptors (Lipinski definition) is 5. The maximum absolute atomic E-state index is 13.0. The third-order valence-electron chi connectivity index (χ3n) is 6.62. The summed E-state index contributed by atoms with van der Waals surface area (Å²) in [5.41, 5.74) is 5.54. The molecule has 0 bridgehead atoms. The van der Waals surface area contributed by atoms with Crippen molar-refractivity contribution < 1.29 is 4.79 Å². The number of para-hydroxylation sites is 1. The largest absolute Gasteiger partial charge is 0.347 e. The molecule has 0 fully saturated rings. The molecule has 1 aliphatic heterocycles. The zero-order valence-electron chi connectivity index (χ0n) is 21.5. The maximum Gasteiger partial charge on any atom is 0.192 e. The predicted octanol–water partition coefficient (Wildman–Crippen LogP) is 6.40. The third kappa shape index (κ3) is 4.85. The smallest absolute Gasteiger partial charge is 0.192 e. The van der Waals surface area contributed by atoms with Crippen LogP contribution in [0.5, 0.6) is 0 Å². The van der Waals surface area contributed by atoms with Crippen LogP contribution in [-0.2, 0) is 22.2 Å². The maximum atomic E-state index is 13.0. The summed E-state index contributed by atoms with van der Waals surface area (Å²) in [6, 6.07) is 16.8. The summed E-state index contributed by atoms with van der Waals surface area (Å²) in [6.45, 7) is 15.4. The Morgan fingerprint density at radius 2 is 1.77 bits per heavy atom. The number of carbonyl (C=O) groups is 1. The molecule has 0 saturated heterocycles. The molecule has 6 heteroatoms. The van der Waals surface area contributed by atoms with Crippen molar-refractivity contribution in [2.75, 3.05) is 17.7 Å². The molecule has 0 atom stereocenters. The quantitative estimate of drug-likeness (QED) is 0.220. The molecule has 35 heavy (non-hydrogen) atoms. The molecule has 2 heterocycles. The van der Waals surface area contributed by atoms with Crippen molar-refractivity contribution in [3.8, 4) is 11.4 Å². The molecule has 0 unspecified atom stereocenters. The molecular weight excluding hydrogens is 452 g/mol. The Hall–Kier alpha value is -3.12. The van der Waals surface area contributed by atoms with E-state index in [9.17, 15) is 4.79 Å².